The number of benzene rings is 3. The molecule has 0 atom stereocenters. The topological polar surface area (TPSA) is 72.5 Å². The SMILES string of the molecule is COc1ccc(NS(=O)(=O)c2ccc3c4c(cccc24)C(=O)S3)cc1. The number of rotatable bonds is 4. The summed E-state index contributed by atoms with van der Waals surface area (Å²) in [5.74, 6) is 0.642. The van der Waals surface area contributed by atoms with Crippen molar-refractivity contribution in [1.29, 1.82) is 0 Å². The molecule has 4 rings (SSSR count). The van der Waals surface area contributed by atoms with E-state index in [0.717, 1.165) is 16.7 Å². The lowest BCUT2D eigenvalue weighted by atomic mass is 10.1. The Balaban J connectivity index is 1.81. The second kappa shape index (κ2) is 5.79. The summed E-state index contributed by atoms with van der Waals surface area (Å²) >= 11 is 1.13. The summed E-state index contributed by atoms with van der Waals surface area (Å²) in [7, 11) is -2.25. The van der Waals surface area contributed by atoms with E-state index in [2.05, 4.69) is 4.72 Å². The molecule has 1 aliphatic heterocycles. The average molecular weight is 371 g/mol. The van der Waals surface area contributed by atoms with Crippen molar-refractivity contribution in [3.63, 3.8) is 0 Å². The fourth-order valence-electron chi connectivity index (χ4n) is 2.86. The fraction of sp³-hybridized carbons (Fsp3) is 0.0556. The number of nitrogens with one attached hydrogen (secondary N) is 1. The number of thioether (sulfide) groups is 1. The van der Waals surface area contributed by atoms with E-state index in [1.807, 2.05) is 0 Å². The highest BCUT2D eigenvalue weighted by Crippen LogP contribution is 2.42. The molecule has 1 N–H and O–H groups in total. The van der Waals surface area contributed by atoms with Crippen LogP contribution < -0.4 is 9.46 Å². The van der Waals surface area contributed by atoms with Crippen molar-refractivity contribution in [3.05, 3.63) is 60.2 Å². The molecule has 7 heteroatoms. The molecule has 1 aliphatic rings. The Morgan fingerprint density at radius 3 is 2.48 bits per heavy atom. The van der Waals surface area contributed by atoms with Crippen molar-refractivity contribution in [3.8, 4) is 5.75 Å². The van der Waals surface area contributed by atoms with Crippen molar-refractivity contribution >= 4 is 43.4 Å². The Morgan fingerprint density at radius 1 is 1.00 bits per heavy atom. The maximum absolute atomic E-state index is 12.9. The molecule has 126 valence electrons. The van der Waals surface area contributed by atoms with Gasteiger partial charge in [0, 0.05) is 26.9 Å². The normalized spacial score (nSPS) is 13.2. The van der Waals surface area contributed by atoms with E-state index in [-0.39, 0.29) is 10.0 Å². The predicted octanol–water partition coefficient (Wildman–Crippen LogP) is 3.90. The van der Waals surface area contributed by atoms with Crippen LogP contribution in [0.4, 0.5) is 5.69 Å². The molecule has 0 aromatic heterocycles. The number of hydrogen-bond donors (Lipinski definition) is 1. The summed E-state index contributed by atoms with van der Waals surface area (Å²) in [6.07, 6.45) is 0. The Kier molecular flexibility index (Phi) is 3.70. The van der Waals surface area contributed by atoms with E-state index in [0.29, 0.717) is 27.8 Å². The van der Waals surface area contributed by atoms with Gasteiger partial charge in [-0.15, -0.1) is 0 Å². The fourth-order valence-corrected chi connectivity index (χ4v) is 5.06. The second-order valence-corrected chi connectivity index (χ2v) is 8.18. The Hall–Kier alpha value is -2.51. The average Bonchev–Trinajstić information content (AvgIpc) is 2.93. The van der Waals surface area contributed by atoms with Crippen LogP contribution in [0.2, 0.25) is 0 Å². The van der Waals surface area contributed by atoms with Crippen LogP contribution >= 0.6 is 11.8 Å². The summed E-state index contributed by atoms with van der Waals surface area (Å²) < 4.78 is 33.4. The van der Waals surface area contributed by atoms with Crippen molar-refractivity contribution in [2.24, 2.45) is 0 Å². The standard InChI is InChI=1S/C18H13NO4S2/c1-23-12-7-5-11(6-8-12)19-25(21,22)16-10-9-15-17-13(16)3-2-4-14(17)18(20)24-15/h2-10,19H,1H3. The molecule has 25 heavy (non-hydrogen) atoms. The molecule has 1 heterocycles. The highest BCUT2D eigenvalue weighted by Gasteiger charge is 2.27. The van der Waals surface area contributed by atoms with E-state index >= 15 is 0 Å². The zero-order valence-corrected chi connectivity index (χ0v) is 14.8. The molecule has 0 aliphatic carbocycles. The third-order valence-electron chi connectivity index (χ3n) is 4.02. The lowest BCUT2D eigenvalue weighted by Gasteiger charge is -2.11. The first kappa shape index (κ1) is 16.0. The van der Waals surface area contributed by atoms with Gasteiger partial charge in [0.25, 0.3) is 10.0 Å². The highest BCUT2D eigenvalue weighted by atomic mass is 32.2. The van der Waals surface area contributed by atoms with E-state index < -0.39 is 10.0 Å². The smallest absolute Gasteiger partial charge is 0.262 e. The summed E-state index contributed by atoms with van der Waals surface area (Å²) in [5, 5.41) is 1.20. The quantitative estimate of drug-likeness (QED) is 0.753. The second-order valence-electron chi connectivity index (χ2n) is 5.51. The van der Waals surface area contributed by atoms with Gasteiger partial charge in [0.05, 0.1) is 12.0 Å². The number of ether oxygens (including phenoxy) is 1. The van der Waals surface area contributed by atoms with Crippen LogP contribution in [0.5, 0.6) is 5.75 Å². The van der Waals surface area contributed by atoms with Gasteiger partial charge in [0.2, 0.25) is 5.12 Å². The summed E-state index contributed by atoms with van der Waals surface area (Å²) in [6.45, 7) is 0. The van der Waals surface area contributed by atoms with Gasteiger partial charge < -0.3 is 4.74 Å². The van der Waals surface area contributed by atoms with E-state index in [4.69, 9.17) is 4.74 Å². The summed E-state index contributed by atoms with van der Waals surface area (Å²) in [6, 6.07) is 15.0. The molecule has 0 bridgehead atoms. The number of hydrogen-bond acceptors (Lipinski definition) is 5. The van der Waals surface area contributed by atoms with E-state index in [1.54, 1.807) is 61.7 Å². The molecule has 0 amide bonds. The molecule has 3 aromatic carbocycles. The van der Waals surface area contributed by atoms with Crippen LogP contribution in [-0.4, -0.2) is 20.6 Å². The zero-order valence-electron chi connectivity index (χ0n) is 13.1. The molecule has 0 saturated carbocycles. The highest BCUT2D eigenvalue weighted by molar-refractivity contribution is 8.14. The number of sulfonamides is 1. The molecule has 3 aromatic rings. The molecule has 0 radical (unpaired) electrons. The first-order chi connectivity index (χ1) is 12.0. The van der Waals surface area contributed by atoms with Crippen molar-refractivity contribution in [2.45, 2.75) is 9.79 Å². The third-order valence-corrected chi connectivity index (χ3v) is 6.42. The molecule has 0 spiro atoms. The van der Waals surface area contributed by atoms with Gasteiger partial charge in [-0.25, -0.2) is 8.42 Å². The van der Waals surface area contributed by atoms with Crippen molar-refractivity contribution < 1.29 is 17.9 Å². The van der Waals surface area contributed by atoms with Crippen molar-refractivity contribution in [1.82, 2.24) is 0 Å². The summed E-state index contributed by atoms with van der Waals surface area (Å²) in [4.78, 5) is 13.0. The number of carbonyl (C=O) groups is 1. The van der Waals surface area contributed by atoms with Crippen LogP contribution in [0.15, 0.2) is 64.4 Å². The van der Waals surface area contributed by atoms with Crippen LogP contribution in [0.3, 0.4) is 0 Å². The molecule has 0 unspecified atom stereocenters. The molecular formula is C18H13NO4S2. The van der Waals surface area contributed by atoms with E-state index in [1.165, 1.54) is 0 Å². The minimum Gasteiger partial charge on any atom is -0.497 e. The van der Waals surface area contributed by atoms with Gasteiger partial charge in [0.1, 0.15) is 5.75 Å². The minimum atomic E-state index is -3.79. The Labute approximate surface area is 149 Å². The monoisotopic (exact) mass is 371 g/mol. The van der Waals surface area contributed by atoms with Crippen LogP contribution in [0.1, 0.15) is 10.4 Å². The largest absolute Gasteiger partial charge is 0.497 e. The molecule has 5 nitrogen and oxygen atoms in total. The Morgan fingerprint density at radius 2 is 1.76 bits per heavy atom. The lowest BCUT2D eigenvalue weighted by Crippen LogP contribution is -2.13. The van der Waals surface area contributed by atoms with Crippen LogP contribution in [0.25, 0.3) is 10.8 Å². The van der Waals surface area contributed by atoms with Gasteiger partial charge in [-0.3, -0.25) is 9.52 Å². The van der Waals surface area contributed by atoms with E-state index in [9.17, 15) is 13.2 Å². The lowest BCUT2D eigenvalue weighted by molar-refractivity contribution is 0.109. The predicted molar refractivity (Wildman–Crippen MR) is 97.9 cm³/mol. The molecule has 0 saturated heterocycles. The summed E-state index contributed by atoms with van der Waals surface area (Å²) in [5.41, 5.74) is 0.994. The van der Waals surface area contributed by atoms with Gasteiger partial charge in [-0.1, -0.05) is 12.1 Å². The van der Waals surface area contributed by atoms with Gasteiger partial charge in [-0.05, 0) is 54.2 Å². The maximum atomic E-state index is 12.9. The number of carbonyl (C=O) groups excluding carboxylic acids is 1. The van der Waals surface area contributed by atoms with Gasteiger partial charge in [0.15, 0.2) is 0 Å². The number of anilines is 1. The van der Waals surface area contributed by atoms with Crippen LogP contribution in [0, 0.1) is 0 Å². The Bertz CT molecular complexity index is 1110. The first-order valence-electron chi connectivity index (χ1n) is 7.44. The minimum absolute atomic E-state index is 0.0572. The third kappa shape index (κ3) is 2.65. The molecular weight excluding hydrogens is 358 g/mol. The zero-order chi connectivity index (χ0) is 17.6. The number of methoxy groups -OCH3 is 1. The molecule has 0 fully saturated rings. The first-order valence-corrected chi connectivity index (χ1v) is 9.74. The van der Waals surface area contributed by atoms with Crippen LogP contribution in [-0.2, 0) is 10.0 Å². The van der Waals surface area contributed by atoms with Crippen molar-refractivity contribution in [2.75, 3.05) is 11.8 Å². The van der Waals surface area contributed by atoms with Gasteiger partial charge >= 0.3 is 0 Å². The maximum Gasteiger partial charge on any atom is 0.262 e. The van der Waals surface area contributed by atoms with Gasteiger partial charge in [-0.2, -0.15) is 0 Å².